The molecule has 1 fully saturated rings. The average molecular weight is 207 g/mol. The van der Waals surface area contributed by atoms with Crippen LogP contribution in [0.1, 0.15) is 44.3 Å². The van der Waals surface area contributed by atoms with Gasteiger partial charge in [0.25, 0.3) is 0 Å². The van der Waals surface area contributed by atoms with E-state index in [0.717, 1.165) is 13.1 Å². The van der Waals surface area contributed by atoms with Crippen molar-refractivity contribution in [3.63, 3.8) is 0 Å². The first-order chi connectivity index (χ1) is 7.42. The normalized spacial score (nSPS) is 22.6. The van der Waals surface area contributed by atoms with E-state index >= 15 is 0 Å². The van der Waals surface area contributed by atoms with Crippen molar-refractivity contribution in [2.24, 2.45) is 0 Å². The molecule has 1 aromatic heterocycles. The fourth-order valence-corrected chi connectivity index (χ4v) is 2.39. The van der Waals surface area contributed by atoms with E-state index in [2.05, 4.69) is 28.0 Å². The maximum absolute atomic E-state index is 4.54. The summed E-state index contributed by atoms with van der Waals surface area (Å²) in [5, 5.41) is 3.45. The lowest BCUT2D eigenvalue weighted by atomic mass is 10.00. The molecule has 3 heteroatoms. The number of nitrogens with one attached hydrogen (secondary N) is 1. The molecule has 2 rings (SSSR count). The van der Waals surface area contributed by atoms with Crippen LogP contribution in [-0.2, 0) is 6.54 Å². The monoisotopic (exact) mass is 207 g/mol. The lowest BCUT2D eigenvalue weighted by Crippen LogP contribution is -2.14. The van der Waals surface area contributed by atoms with Crippen LogP contribution in [0.2, 0.25) is 0 Å². The Morgan fingerprint density at radius 2 is 2.40 bits per heavy atom. The smallest absolute Gasteiger partial charge is 0.111 e. The summed E-state index contributed by atoms with van der Waals surface area (Å²) in [6, 6.07) is 0. The molecule has 3 nitrogen and oxygen atoms in total. The van der Waals surface area contributed by atoms with Crippen LogP contribution in [0.3, 0.4) is 0 Å². The highest BCUT2D eigenvalue weighted by molar-refractivity contribution is 5.01. The van der Waals surface area contributed by atoms with Crippen molar-refractivity contribution in [3.05, 3.63) is 18.2 Å². The van der Waals surface area contributed by atoms with Crippen molar-refractivity contribution in [1.29, 1.82) is 0 Å². The Labute approximate surface area is 91.9 Å². The molecule has 0 bridgehead atoms. The third-order valence-electron chi connectivity index (χ3n) is 3.15. The van der Waals surface area contributed by atoms with Crippen LogP contribution < -0.4 is 5.32 Å². The summed E-state index contributed by atoms with van der Waals surface area (Å²) >= 11 is 0. The van der Waals surface area contributed by atoms with Crippen LogP contribution in [-0.4, -0.2) is 22.6 Å². The molecular formula is C12H21N3. The summed E-state index contributed by atoms with van der Waals surface area (Å²) < 4.78 is 2.33. The van der Waals surface area contributed by atoms with Gasteiger partial charge in [-0.25, -0.2) is 4.98 Å². The van der Waals surface area contributed by atoms with Crippen LogP contribution in [0.15, 0.2) is 12.4 Å². The quantitative estimate of drug-likeness (QED) is 0.823. The molecule has 1 aliphatic rings. The summed E-state index contributed by atoms with van der Waals surface area (Å²) in [4.78, 5) is 4.54. The van der Waals surface area contributed by atoms with E-state index in [1.165, 1.54) is 38.1 Å². The van der Waals surface area contributed by atoms with E-state index in [0.29, 0.717) is 5.92 Å². The number of hydrogen-bond acceptors (Lipinski definition) is 2. The number of nitrogens with zero attached hydrogens (tertiary/aromatic N) is 2. The first-order valence-electron chi connectivity index (χ1n) is 6.13. The lowest BCUT2D eigenvalue weighted by Gasteiger charge is -2.15. The molecule has 1 atom stereocenters. The second-order valence-corrected chi connectivity index (χ2v) is 4.36. The van der Waals surface area contributed by atoms with Crippen LogP contribution in [0.25, 0.3) is 0 Å². The highest BCUT2D eigenvalue weighted by Crippen LogP contribution is 2.24. The molecule has 0 radical (unpaired) electrons. The van der Waals surface area contributed by atoms with Gasteiger partial charge >= 0.3 is 0 Å². The zero-order valence-corrected chi connectivity index (χ0v) is 9.58. The summed E-state index contributed by atoms with van der Waals surface area (Å²) in [6.45, 7) is 5.65. The van der Waals surface area contributed by atoms with E-state index in [-0.39, 0.29) is 0 Å². The van der Waals surface area contributed by atoms with E-state index in [1.807, 2.05) is 6.20 Å². The molecule has 84 valence electrons. The zero-order chi connectivity index (χ0) is 10.5. The molecule has 1 saturated heterocycles. The van der Waals surface area contributed by atoms with Gasteiger partial charge in [-0.15, -0.1) is 0 Å². The molecule has 2 heterocycles. The van der Waals surface area contributed by atoms with Crippen molar-refractivity contribution in [1.82, 2.24) is 14.9 Å². The maximum atomic E-state index is 4.54. The highest BCUT2D eigenvalue weighted by Gasteiger charge is 2.18. The Hall–Kier alpha value is -0.830. The minimum Gasteiger partial charge on any atom is -0.335 e. The first kappa shape index (κ1) is 10.7. The van der Waals surface area contributed by atoms with E-state index in [4.69, 9.17) is 0 Å². The second kappa shape index (κ2) is 5.31. The van der Waals surface area contributed by atoms with Gasteiger partial charge in [0.15, 0.2) is 0 Å². The molecule has 1 N–H and O–H groups in total. The minimum absolute atomic E-state index is 0.668. The van der Waals surface area contributed by atoms with Gasteiger partial charge in [-0.3, -0.25) is 0 Å². The number of hydrogen-bond donors (Lipinski definition) is 1. The van der Waals surface area contributed by atoms with Crippen LogP contribution in [0.4, 0.5) is 0 Å². The fraction of sp³-hybridized carbons (Fsp3) is 0.750. The molecule has 0 saturated carbocycles. The Balaban J connectivity index is 2.08. The number of rotatable bonds is 3. The van der Waals surface area contributed by atoms with Crippen molar-refractivity contribution < 1.29 is 0 Å². The van der Waals surface area contributed by atoms with E-state index in [1.54, 1.807) is 0 Å². The van der Waals surface area contributed by atoms with Crippen LogP contribution >= 0.6 is 0 Å². The van der Waals surface area contributed by atoms with Gasteiger partial charge in [-0.1, -0.05) is 6.92 Å². The SMILES string of the molecule is CCCn1ccnc1C1CCCNCC1. The van der Waals surface area contributed by atoms with Gasteiger partial charge in [0.2, 0.25) is 0 Å². The molecular weight excluding hydrogens is 186 g/mol. The summed E-state index contributed by atoms with van der Waals surface area (Å²) in [6.07, 6.45) is 9.06. The molecule has 1 unspecified atom stereocenters. The maximum Gasteiger partial charge on any atom is 0.111 e. The minimum atomic E-state index is 0.668. The van der Waals surface area contributed by atoms with Gasteiger partial charge in [0.05, 0.1) is 0 Å². The van der Waals surface area contributed by atoms with Crippen molar-refractivity contribution in [2.75, 3.05) is 13.1 Å². The fourth-order valence-electron chi connectivity index (χ4n) is 2.39. The van der Waals surface area contributed by atoms with Crippen molar-refractivity contribution in [3.8, 4) is 0 Å². The summed E-state index contributed by atoms with van der Waals surface area (Å²) in [5.41, 5.74) is 0. The van der Waals surface area contributed by atoms with Gasteiger partial charge in [-0.2, -0.15) is 0 Å². The van der Waals surface area contributed by atoms with Crippen LogP contribution in [0.5, 0.6) is 0 Å². The topological polar surface area (TPSA) is 29.9 Å². The standard InChI is InChI=1S/C12H21N3/c1-2-9-15-10-8-14-12(15)11-4-3-6-13-7-5-11/h8,10-11,13H,2-7,9H2,1H3. The highest BCUT2D eigenvalue weighted by atomic mass is 15.1. The zero-order valence-electron chi connectivity index (χ0n) is 9.58. The molecule has 1 aliphatic heterocycles. The third kappa shape index (κ3) is 2.59. The Morgan fingerprint density at radius 3 is 3.27 bits per heavy atom. The molecule has 0 amide bonds. The van der Waals surface area contributed by atoms with Gasteiger partial charge in [0.1, 0.15) is 5.82 Å². The molecule has 0 aromatic carbocycles. The Morgan fingerprint density at radius 1 is 1.47 bits per heavy atom. The number of aryl methyl sites for hydroxylation is 1. The Bertz CT molecular complexity index is 285. The lowest BCUT2D eigenvalue weighted by molar-refractivity contribution is 0.526. The van der Waals surface area contributed by atoms with Crippen LogP contribution in [0, 0.1) is 0 Å². The third-order valence-corrected chi connectivity index (χ3v) is 3.15. The second-order valence-electron chi connectivity index (χ2n) is 4.36. The number of aromatic nitrogens is 2. The Kier molecular flexibility index (Phi) is 3.78. The van der Waals surface area contributed by atoms with E-state index in [9.17, 15) is 0 Å². The predicted octanol–water partition coefficient (Wildman–Crippen LogP) is 2.15. The van der Waals surface area contributed by atoms with Gasteiger partial charge in [0, 0.05) is 24.9 Å². The average Bonchev–Trinajstić information content (AvgIpc) is 2.53. The van der Waals surface area contributed by atoms with Gasteiger partial charge < -0.3 is 9.88 Å². The summed E-state index contributed by atoms with van der Waals surface area (Å²) in [7, 11) is 0. The van der Waals surface area contributed by atoms with Gasteiger partial charge in [-0.05, 0) is 38.8 Å². The van der Waals surface area contributed by atoms with Crippen molar-refractivity contribution in [2.45, 2.75) is 45.1 Å². The molecule has 0 spiro atoms. The first-order valence-corrected chi connectivity index (χ1v) is 6.13. The molecule has 0 aliphatic carbocycles. The van der Waals surface area contributed by atoms with E-state index < -0.39 is 0 Å². The summed E-state index contributed by atoms with van der Waals surface area (Å²) in [5.74, 6) is 1.97. The molecule has 15 heavy (non-hydrogen) atoms. The predicted molar refractivity (Wildman–Crippen MR) is 62.0 cm³/mol. The largest absolute Gasteiger partial charge is 0.335 e. The van der Waals surface area contributed by atoms with Crippen molar-refractivity contribution >= 4 is 0 Å². The number of imidazole rings is 1. The molecule has 1 aromatic rings.